The fraction of sp³-hybridized carbons (Fsp3) is 0.316. The highest BCUT2D eigenvalue weighted by Gasteiger charge is 2.18. The van der Waals surface area contributed by atoms with Crippen LogP contribution in [0.15, 0.2) is 30.6 Å². The van der Waals surface area contributed by atoms with Gasteiger partial charge >= 0.3 is 6.55 Å². The molecule has 3 rings (SSSR count). The minimum atomic E-state index is -2.66. The van der Waals surface area contributed by atoms with Gasteiger partial charge in [0.1, 0.15) is 15.7 Å². The number of carbonyl (C=O) groups is 1. The van der Waals surface area contributed by atoms with Gasteiger partial charge in [0.2, 0.25) is 0 Å². The number of nitrogens with one attached hydrogen (secondary N) is 1. The molecular formula is C19H20F2N4O3S. The quantitative estimate of drug-likeness (QED) is 0.599. The number of amides is 1. The average Bonchev–Trinajstić information content (AvgIpc) is 3.34. The first-order valence-electron chi connectivity index (χ1n) is 8.72. The third-order valence-corrected chi connectivity index (χ3v) is 5.43. The van der Waals surface area contributed by atoms with Crippen LogP contribution in [0.25, 0.3) is 10.6 Å². The van der Waals surface area contributed by atoms with E-state index in [1.165, 1.54) is 23.7 Å². The normalized spacial score (nSPS) is 11.0. The van der Waals surface area contributed by atoms with Crippen molar-refractivity contribution in [1.82, 2.24) is 19.9 Å². The van der Waals surface area contributed by atoms with E-state index in [0.29, 0.717) is 27.1 Å². The van der Waals surface area contributed by atoms with Crippen LogP contribution >= 0.6 is 11.3 Å². The molecule has 0 unspecified atom stereocenters. The fourth-order valence-corrected chi connectivity index (χ4v) is 3.76. The predicted octanol–water partition coefficient (Wildman–Crippen LogP) is 3.70. The van der Waals surface area contributed by atoms with E-state index in [4.69, 9.17) is 9.47 Å². The molecule has 0 fully saturated rings. The van der Waals surface area contributed by atoms with Gasteiger partial charge in [-0.1, -0.05) is 0 Å². The Bertz CT molecular complexity index is 1000. The van der Waals surface area contributed by atoms with Gasteiger partial charge in [-0.3, -0.25) is 9.36 Å². The zero-order valence-electron chi connectivity index (χ0n) is 16.1. The molecule has 0 saturated heterocycles. The average molecular weight is 422 g/mol. The maximum atomic E-state index is 12.8. The van der Waals surface area contributed by atoms with Crippen molar-refractivity contribution in [1.29, 1.82) is 0 Å². The lowest BCUT2D eigenvalue weighted by Gasteiger charge is -2.08. The summed E-state index contributed by atoms with van der Waals surface area (Å²) in [5.41, 5.74) is 1.39. The first-order chi connectivity index (χ1) is 13.9. The number of rotatable bonds is 8. The SMILES string of the molecule is COc1ccc(-c2nc(C)c(C(=O)NCCc3nccn3C(F)F)s2)cc1OC. The monoisotopic (exact) mass is 422 g/mol. The molecule has 7 nitrogen and oxygen atoms in total. The molecule has 0 atom stereocenters. The smallest absolute Gasteiger partial charge is 0.319 e. The maximum absolute atomic E-state index is 12.8. The van der Waals surface area contributed by atoms with Crippen LogP contribution in [0, 0.1) is 6.92 Å². The van der Waals surface area contributed by atoms with E-state index in [-0.39, 0.29) is 24.7 Å². The number of alkyl halides is 2. The molecule has 2 aromatic heterocycles. The molecule has 0 spiro atoms. The van der Waals surface area contributed by atoms with Crippen molar-refractivity contribution >= 4 is 17.2 Å². The van der Waals surface area contributed by atoms with Gasteiger partial charge < -0.3 is 14.8 Å². The van der Waals surface area contributed by atoms with E-state index in [9.17, 15) is 13.6 Å². The van der Waals surface area contributed by atoms with Crippen LogP contribution in [-0.4, -0.2) is 41.2 Å². The number of nitrogens with zero attached hydrogens (tertiary/aromatic N) is 3. The molecule has 0 bridgehead atoms. The lowest BCUT2D eigenvalue weighted by molar-refractivity contribution is 0.0670. The number of aromatic nitrogens is 3. The van der Waals surface area contributed by atoms with E-state index in [1.807, 2.05) is 6.07 Å². The van der Waals surface area contributed by atoms with Gasteiger partial charge in [0.25, 0.3) is 5.91 Å². The van der Waals surface area contributed by atoms with Crippen LogP contribution in [0.1, 0.15) is 27.7 Å². The summed E-state index contributed by atoms with van der Waals surface area (Å²) in [6.45, 7) is -0.721. The molecule has 0 aliphatic rings. The number of hydrogen-bond donors (Lipinski definition) is 1. The Morgan fingerprint density at radius 1 is 1.28 bits per heavy atom. The van der Waals surface area contributed by atoms with Crippen LogP contribution in [0.5, 0.6) is 11.5 Å². The summed E-state index contributed by atoms with van der Waals surface area (Å²) in [4.78, 5) is 21.4. The number of thiazole rings is 1. The van der Waals surface area contributed by atoms with Crippen LogP contribution in [0.2, 0.25) is 0 Å². The summed E-state index contributed by atoms with van der Waals surface area (Å²) in [6, 6.07) is 5.41. The van der Waals surface area contributed by atoms with Crippen LogP contribution < -0.4 is 14.8 Å². The number of ether oxygens (including phenoxy) is 2. The second-order valence-corrected chi connectivity index (χ2v) is 7.04. The second kappa shape index (κ2) is 8.99. The molecule has 154 valence electrons. The van der Waals surface area contributed by atoms with Gasteiger partial charge in [-0.15, -0.1) is 11.3 Å². The van der Waals surface area contributed by atoms with Crippen molar-refractivity contribution in [2.45, 2.75) is 19.9 Å². The number of halogens is 2. The zero-order chi connectivity index (χ0) is 21.0. The zero-order valence-corrected chi connectivity index (χ0v) is 16.9. The largest absolute Gasteiger partial charge is 0.493 e. The molecule has 1 amide bonds. The number of methoxy groups -OCH3 is 2. The Morgan fingerprint density at radius 3 is 2.72 bits per heavy atom. The van der Waals surface area contributed by atoms with Crippen molar-refractivity contribution in [3.63, 3.8) is 0 Å². The molecular weight excluding hydrogens is 402 g/mol. The maximum Gasteiger partial charge on any atom is 0.319 e. The number of imidazole rings is 1. The highest BCUT2D eigenvalue weighted by molar-refractivity contribution is 7.17. The molecule has 0 aliphatic carbocycles. The van der Waals surface area contributed by atoms with Crippen LogP contribution in [0.4, 0.5) is 8.78 Å². The summed E-state index contributed by atoms with van der Waals surface area (Å²) in [6.07, 6.45) is 2.72. The lowest BCUT2D eigenvalue weighted by Crippen LogP contribution is -2.26. The van der Waals surface area contributed by atoms with Crippen molar-refractivity contribution in [2.24, 2.45) is 0 Å². The van der Waals surface area contributed by atoms with Crippen molar-refractivity contribution in [3.05, 3.63) is 47.0 Å². The highest BCUT2D eigenvalue weighted by Crippen LogP contribution is 2.34. The lowest BCUT2D eigenvalue weighted by atomic mass is 10.2. The van der Waals surface area contributed by atoms with Gasteiger partial charge in [0, 0.05) is 30.9 Å². The van der Waals surface area contributed by atoms with E-state index >= 15 is 0 Å². The first-order valence-corrected chi connectivity index (χ1v) is 9.54. The highest BCUT2D eigenvalue weighted by atomic mass is 32.1. The minimum absolute atomic E-state index is 0.186. The summed E-state index contributed by atoms with van der Waals surface area (Å²) in [7, 11) is 3.11. The second-order valence-electron chi connectivity index (χ2n) is 6.04. The molecule has 3 aromatic rings. The van der Waals surface area contributed by atoms with E-state index in [2.05, 4.69) is 15.3 Å². The number of aryl methyl sites for hydroxylation is 1. The molecule has 29 heavy (non-hydrogen) atoms. The summed E-state index contributed by atoms with van der Waals surface area (Å²) in [5, 5.41) is 3.41. The van der Waals surface area contributed by atoms with Crippen LogP contribution in [-0.2, 0) is 6.42 Å². The summed E-state index contributed by atoms with van der Waals surface area (Å²) < 4.78 is 37.0. The predicted molar refractivity (Wildman–Crippen MR) is 105 cm³/mol. The molecule has 0 saturated carbocycles. The molecule has 0 radical (unpaired) electrons. The first kappa shape index (κ1) is 20.7. The number of benzene rings is 1. The fourth-order valence-electron chi connectivity index (χ4n) is 2.78. The van der Waals surface area contributed by atoms with Crippen molar-refractivity contribution in [2.75, 3.05) is 20.8 Å². The molecule has 1 aromatic carbocycles. The van der Waals surface area contributed by atoms with E-state index < -0.39 is 6.55 Å². The van der Waals surface area contributed by atoms with Gasteiger partial charge in [-0.2, -0.15) is 8.78 Å². The number of hydrogen-bond acceptors (Lipinski definition) is 6. The van der Waals surface area contributed by atoms with Crippen molar-refractivity contribution < 1.29 is 23.0 Å². The van der Waals surface area contributed by atoms with Crippen LogP contribution in [0.3, 0.4) is 0 Å². The minimum Gasteiger partial charge on any atom is -0.493 e. The van der Waals surface area contributed by atoms with Crippen molar-refractivity contribution in [3.8, 4) is 22.1 Å². The van der Waals surface area contributed by atoms with E-state index in [1.54, 1.807) is 33.3 Å². The molecule has 0 aliphatic heterocycles. The Labute approximate surface area is 170 Å². The Balaban J connectivity index is 1.69. The summed E-state index contributed by atoms with van der Waals surface area (Å²) in [5.74, 6) is 1.08. The van der Waals surface area contributed by atoms with Gasteiger partial charge in [0.05, 0.1) is 19.9 Å². The van der Waals surface area contributed by atoms with Gasteiger partial charge in [-0.05, 0) is 25.1 Å². The Kier molecular flexibility index (Phi) is 6.42. The Morgan fingerprint density at radius 2 is 2.03 bits per heavy atom. The molecule has 10 heteroatoms. The third kappa shape index (κ3) is 4.53. The topological polar surface area (TPSA) is 78.3 Å². The summed E-state index contributed by atoms with van der Waals surface area (Å²) >= 11 is 1.25. The third-order valence-electron chi connectivity index (χ3n) is 4.23. The van der Waals surface area contributed by atoms with Gasteiger partial charge in [0.15, 0.2) is 11.5 Å². The number of carbonyl (C=O) groups excluding carboxylic acids is 1. The molecule has 1 N–H and O–H groups in total. The Hall–Kier alpha value is -3.01. The van der Waals surface area contributed by atoms with E-state index in [0.717, 1.165) is 10.1 Å². The standard InChI is InChI=1S/C19H20F2N4O3S/c1-11-16(17(26)23-7-6-15-22-8-9-25(15)19(20)21)29-18(24-11)12-4-5-13(27-2)14(10-12)28-3/h4-5,8-10,19H,6-7H2,1-3H3,(H,23,26). The molecule has 2 heterocycles. The van der Waals surface area contributed by atoms with Gasteiger partial charge in [-0.25, -0.2) is 9.97 Å².